The van der Waals surface area contributed by atoms with Gasteiger partial charge in [0.15, 0.2) is 0 Å². The van der Waals surface area contributed by atoms with Gasteiger partial charge >= 0.3 is 0 Å². The summed E-state index contributed by atoms with van der Waals surface area (Å²) in [5.74, 6) is 0.252. The molecule has 1 aliphatic carbocycles. The van der Waals surface area contributed by atoms with Gasteiger partial charge in [0, 0.05) is 42.1 Å². The van der Waals surface area contributed by atoms with Crippen LogP contribution >= 0.6 is 11.3 Å². The maximum absolute atomic E-state index is 13.0. The van der Waals surface area contributed by atoms with Crippen LogP contribution in [-0.4, -0.2) is 37.0 Å². The van der Waals surface area contributed by atoms with E-state index in [0.717, 1.165) is 44.6 Å². The van der Waals surface area contributed by atoms with E-state index in [0.29, 0.717) is 0 Å². The lowest BCUT2D eigenvalue weighted by Crippen LogP contribution is -2.48. The van der Waals surface area contributed by atoms with Gasteiger partial charge in [-0.25, -0.2) is 0 Å². The first kappa shape index (κ1) is 15.7. The number of hydrogen-bond donors (Lipinski definition) is 0. The second kappa shape index (κ2) is 6.98. The van der Waals surface area contributed by atoms with Crippen molar-refractivity contribution in [3.05, 3.63) is 51.7 Å². The van der Waals surface area contributed by atoms with Gasteiger partial charge in [-0.3, -0.25) is 4.79 Å². The summed E-state index contributed by atoms with van der Waals surface area (Å²) in [7, 11) is 0. The molecule has 1 aliphatic heterocycles. The molecule has 2 heterocycles. The van der Waals surface area contributed by atoms with Gasteiger partial charge in [0.05, 0.1) is 5.56 Å². The largest absolute Gasteiger partial charge is 0.368 e. The number of fused-ring (bicyclic) bond motifs is 1. The topological polar surface area (TPSA) is 23.6 Å². The lowest BCUT2D eigenvalue weighted by atomic mass is 10.0. The van der Waals surface area contributed by atoms with Crippen molar-refractivity contribution < 1.29 is 4.79 Å². The van der Waals surface area contributed by atoms with Crippen molar-refractivity contribution in [2.24, 2.45) is 0 Å². The van der Waals surface area contributed by atoms with Crippen molar-refractivity contribution >= 4 is 22.9 Å². The highest BCUT2D eigenvalue weighted by Crippen LogP contribution is 2.30. The molecule has 0 saturated carbocycles. The van der Waals surface area contributed by atoms with Crippen molar-refractivity contribution in [2.45, 2.75) is 32.1 Å². The van der Waals surface area contributed by atoms with Crippen LogP contribution in [0.1, 0.15) is 40.1 Å². The standard InChI is InChI=1S/C20H24N2OS/c23-20(18-15-24-19-10-6-2-5-9-17(18)19)22-13-11-21(12-14-22)16-7-3-1-4-8-16/h1,3-4,7-8,15H,2,5-6,9-14H2. The Morgan fingerprint density at radius 2 is 1.67 bits per heavy atom. The average molecular weight is 340 g/mol. The zero-order valence-corrected chi connectivity index (χ0v) is 14.9. The molecule has 1 aromatic heterocycles. The fourth-order valence-electron chi connectivity index (χ4n) is 3.83. The van der Waals surface area contributed by atoms with Gasteiger partial charge in [-0.05, 0) is 43.4 Å². The molecule has 0 spiro atoms. The third-order valence-corrected chi connectivity index (χ3v) is 6.32. The predicted molar refractivity (Wildman–Crippen MR) is 100 cm³/mol. The van der Waals surface area contributed by atoms with E-state index in [4.69, 9.17) is 0 Å². The number of para-hydroxylation sites is 1. The highest BCUT2D eigenvalue weighted by atomic mass is 32.1. The number of hydrogen-bond acceptors (Lipinski definition) is 3. The molecule has 1 amide bonds. The minimum absolute atomic E-state index is 0.252. The van der Waals surface area contributed by atoms with Crippen molar-refractivity contribution in [1.82, 2.24) is 4.90 Å². The fraction of sp³-hybridized carbons (Fsp3) is 0.450. The number of carbonyl (C=O) groups excluding carboxylic acids is 1. The highest BCUT2D eigenvalue weighted by Gasteiger charge is 2.26. The number of nitrogens with zero attached hydrogens (tertiary/aromatic N) is 2. The van der Waals surface area contributed by atoms with Crippen molar-refractivity contribution in [3.63, 3.8) is 0 Å². The summed E-state index contributed by atoms with van der Waals surface area (Å²) < 4.78 is 0. The van der Waals surface area contributed by atoms with Crippen molar-refractivity contribution in [3.8, 4) is 0 Å². The summed E-state index contributed by atoms with van der Waals surface area (Å²) in [6, 6.07) is 10.5. The summed E-state index contributed by atoms with van der Waals surface area (Å²) in [4.78, 5) is 18.9. The normalized spacial score (nSPS) is 18.2. The van der Waals surface area contributed by atoms with E-state index < -0.39 is 0 Å². The molecule has 0 N–H and O–H groups in total. The summed E-state index contributed by atoms with van der Waals surface area (Å²) in [5, 5.41) is 2.11. The first-order valence-electron chi connectivity index (χ1n) is 9.01. The van der Waals surface area contributed by atoms with Gasteiger partial charge in [0.2, 0.25) is 0 Å². The number of amides is 1. The minimum atomic E-state index is 0.252. The Labute approximate surface area is 147 Å². The van der Waals surface area contributed by atoms with Crippen molar-refractivity contribution in [2.75, 3.05) is 31.1 Å². The van der Waals surface area contributed by atoms with Gasteiger partial charge in [0.1, 0.15) is 0 Å². The summed E-state index contributed by atoms with van der Waals surface area (Å²) in [6.45, 7) is 3.47. The number of anilines is 1. The molecule has 2 aliphatic rings. The zero-order chi connectivity index (χ0) is 16.4. The second-order valence-electron chi connectivity index (χ2n) is 6.73. The second-order valence-corrected chi connectivity index (χ2v) is 7.69. The predicted octanol–water partition coefficient (Wildman–Crippen LogP) is 3.98. The van der Waals surface area contributed by atoms with Crippen LogP contribution in [0.25, 0.3) is 0 Å². The van der Waals surface area contributed by atoms with E-state index in [2.05, 4.69) is 34.5 Å². The van der Waals surface area contributed by atoms with Crippen LogP contribution in [0.5, 0.6) is 0 Å². The molecule has 126 valence electrons. The quantitative estimate of drug-likeness (QED) is 0.772. The minimum Gasteiger partial charge on any atom is -0.368 e. The Morgan fingerprint density at radius 1 is 0.917 bits per heavy atom. The molecule has 1 fully saturated rings. The summed E-state index contributed by atoms with van der Waals surface area (Å²) >= 11 is 1.80. The Hall–Kier alpha value is -1.81. The number of thiophene rings is 1. The van der Waals surface area contributed by atoms with E-state index in [9.17, 15) is 4.79 Å². The molecule has 1 aromatic carbocycles. The van der Waals surface area contributed by atoms with Crippen LogP contribution in [0.2, 0.25) is 0 Å². The Kier molecular flexibility index (Phi) is 4.56. The van der Waals surface area contributed by atoms with Gasteiger partial charge < -0.3 is 9.80 Å². The van der Waals surface area contributed by atoms with E-state index in [-0.39, 0.29) is 5.91 Å². The van der Waals surface area contributed by atoms with E-state index in [1.165, 1.54) is 35.4 Å². The Morgan fingerprint density at radius 3 is 2.46 bits per heavy atom. The molecule has 2 aromatic rings. The lowest BCUT2D eigenvalue weighted by Gasteiger charge is -2.36. The molecular formula is C20H24N2OS. The van der Waals surface area contributed by atoms with Crippen LogP contribution in [-0.2, 0) is 12.8 Å². The number of piperazine rings is 1. The zero-order valence-electron chi connectivity index (χ0n) is 14.0. The Bertz CT molecular complexity index is 702. The van der Waals surface area contributed by atoms with Gasteiger partial charge in [-0.1, -0.05) is 24.6 Å². The molecule has 4 rings (SSSR count). The smallest absolute Gasteiger partial charge is 0.255 e. The summed E-state index contributed by atoms with van der Waals surface area (Å²) in [5.41, 5.74) is 3.60. The summed E-state index contributed by atoms with van der Waals surface area (Å²) in [6.07, 6.45) is 6.05. The first-order chi connectivity index (χ1) is 11.8. The molecule has 0 radical (unpaired) electrons. The lowest BCUT2D eigenvalue weighted by molar-refractivity contribution is 0.0746. The molecule has 24 heavy (non-hydrogen) atoms. The Balaban J connectivity index is 1.44. The van der Waals surface area contributed by atoms with Crippen LogP contribution < -0.4 is 4.90 Å². The van der Waals surface area contributed by atoms with Crippen LogP contribution in [0, 0.1) is 0 Å². The first-order valence-corrected chi connectivity index (χ1v) is 9.89. The maximum Gasteiger partial charge on any atom is 0.255 e. The monoisotopic (exact) mass is 340 g/mol. The number of benzene rings is 1. The van der Waals surface area contributed by atoms with Crippen molar-refractivity contribution in [1.29, 1.82) is 0 Å². The third kappa shape index (κ3) is 3.07. The van der Waals surface area contributed by atoms with Gasteiger partial charge in [0.25, 0.3) is 5.91 Å². The third-order valence-electron chi connectivity index (χ3n) is 5.23. The molecule has 3 nitrogen and oxygen atoms in total. The number of rotatable bonds is 2. The van der Waals surface area contributed by atoms with Gasteiger partial charge in [-0.2, -0.15) is 0 Å². The SMILES string of the molecule is O=C(c1csc2c1CCCCC2)N1CCN(c2ccccc2)CC1. The average Bonchev–Trinajstić information content (AvgIpc) is 2.90. The molecule has 0 unspecified atom stereocenters. The fourth-order valence-corrected chi connectivity index (χ4v) is 4.95. The van der Waals surface area contributed by atoms with Crippen LogP contribution in [0.3, 0.4) is 0 Å². The molecule has 4 heteroatoms. The molecule has 0 atom stereocenters. The molecule has 1 saturated heterocycles. The van der Waals surface area contributed by atoms with Crippen LogP contribution in [0.15, 0.2) is 35.7 Å². The highest BCUT2D eigenvalue weighted by molar-refractivity contribution is 7.10. The van der Waals surface area contributed by atoms with E-state index >= 15 is 0 Å². The van der Waals surface area contributed by atoms with E-state index in [1.54, 1.807) is 11.3 Å². The molecule has 0 bridgehead atoms. The number of carbonyl (C=O) groups is 1. The molecular weight excluding hydrogens is 316 g/mol. The number of aryl methyl sites for hydroxylation is 1. The van der Waals surface area contributed by atoms with E-state index in [1.807, 2.05) is 11.0 Å². The van der Waals surface area contributed by atoms with Gasteiger partial charge in [-0.15, -0.1) is 11.3 Å². The maximum atomic E-state index is 13.0. The van der Waals surface area contributed by atoms with Crippen LogP contribution in [0.4, 0.5) is 5.69 Å².